The van der Waals surface area contributed by atoms with Crippen molar-refractivity contribution in [1.29, 1.82) is 0 Å². The number of carbonyl (C=O) groups is 1. The van der Waals surface area contributed by atoms with Crippen LogP contribution in [0.25, 0.3) is 0 Å². The van der Waals surface area contributed by atoms with Crippen LogP contribution in [-0.4, -0.2) is 21.3 Å². The van der Waals surface area contributed by atoms with E-state index in [4.69, 9.17) is 10.2 Å². The maximum Gasteiger partial charge on any atom is 0.327 e. The fourth-order valence-corrected chi connectivity index (χ4v) is 1.70. The molecule has 4 heteroatoms. The summed E-state index contributed by atoms with van der Waals surface area (Å²) in [6.45, 7) is 1.91. The number of hydrogen-bond acceptors (Lipinski definition) is 3. The van der Waals surface area contributed by atoms with Gasteiger partial charge in [0.2, 0.25) is 0 Å². The molecule has 0 saturated heterocycles. The number of phenolic OH excluding ortho intramolecular Hbond substituents is 1. The third-order valence-corrected chi connectivity index (χ3v) is 2.82. The van der Waals surface area contributed by atoms with E-state index in [2.05, 4.69) is 0 Å². The molecule has 1 aromatic rings. The van der Waals surface area contributed by atoms with Crippen molar-refractivity contribution in [1.82, 2.24) is 0 Å². The van der Waals surface area contributed by atoms with Crippen molar-refractivity contribution >= 4 is 5.97 Å². The van der Waals surface area contributed by atoms with Gasteiger partial charge in [-0.3, -0.25) is 0 Å². The molecule has 0 aromatic heterocycles. The second kappa shape index (κ2) is 6.81. The number of benzene rings is 1. The van der Waals surface area contributed by atoms with E-state index in [9.17, 15) is 9.90 Å². The molecule has 3 N–H and O–H groups in total. The van der Waals surface area contributed by atoms with Crippen LogP contribution in [-0.2, 0) is 4.79 Å². The molecule has 1 aromatic carbocycles. The molecule has 4 nitrogen and oxygen atoms in total. The average Bonchev–Trinajstić information content (AvgIpc) is 2.34. The lowest BCUT2D eigenvalue weighted by Gasteiger charge is -2.18. The zero-order chi connectivity index (χ0) is 13.5. The number of phenols is 1. The number of hydrogen-bond donors (Lipinski definition) is 3. The molecule has 0 aliphatic carbocycles. The van der Waals surface area contributed by atoms with Gasteiger partial charge in [-0.25, -0.2) is 4.79 Å². The minimum Gasteiger partial charge on any atom is -0.508 e. The summed E-state index contributed by atoms with van der Waals surface area (Å²) in [5.41, 5.74) is 0.752. The molecule has 0 amide bonds. The number of aliphatic hydroxyl groups is 1. The summed E-state index contributed by atoms with van der Waals surface area (Å²) in [6.07, 6.45) is 3.40. The van der Waals surface area contributed by atoms with Crippen LogP contribution in [0.5, 0.6) is 5.75 Å². The van der Waals surface area contributed by atoms with Crippen LogP contribution in [0.3, 0.4) is 0 Å². The Bertz CT molecular complexity index is 408. The predicted octanol–water partition coefficient (Wildman–Crippen LogP) is 2.48. The van der Waals surface area contributed by atoms with Gasteiger partial charge in [-0.15, -0.1) is 0 Å². The van der Waals surface area contributed by atoms with Crippen LogP contribution in [0.4, 0.5) is 0 Å². The molecule has 0 aliphatic heterocycles. The Balaban J connectivity index is 2.48. The molecule has 0 bridgehead atoms. The summed E-state index contributed by atoms with van der Waals surface area (Å²) in [5, 5.41) is 27.7. The molecule has 0 saturated carbocycles. The number of allylic oxidation sites excluding steroid dienone is 1. The number of aromatic hydroxyl groups is 1. The Labute approximate surface area is 106 Å². The fourth-order valence-electron chi connectivity index (χ4n) is 1.70. The largest absolute Gasteiger partial charge is 0.508 e. The van der Waals surface area contributed by atoms with Gasteiger partial charge in [0.1, 0.15) is 5.75 Å². The maximum atomic E-state index is 10.3. The van der Waals surface area contributed by atoms with Crippen molar-refractivity contribution in [3.8, 4) is 5.75 Å². The molecular weight excluding hydrogens is 232 g/mol. The molecule has 0 aliphatic rings. The number of aliphatic carboxylic acids is 1. The molecule has 18 heavy (non-hydrogen) atoms. The van der Waals surface area contributed by atoms with E-state index in [1.54, 1.807) is 18.2 Å². The predicted molar refractivity (Wildman–Crippen MR) is 68.2 cm³/mol. The van der Waals surface area contributed by atoms with E-state index < -0.39 is 12.1 Å². The first-order valence-corrected chi connectivity index (χ1v) is 5.87. The van der Waals surface area contributed by atoms with Crippen molar-refractivity contribution in [2.45, 2.75) is 25.9 Å². The Morgan fingerprint density at radius 1 is 1.33 bits per heavy atom. The summed E-state index contributed by atoms with van der Waals surface area (Å²) >= 11 is 0. The Kier molecular flexibility index (Phi) is 5.39. The normalized spacial score (nSPS) is 14.6. The van der Waals surface area contributed by atoms with E-state index in [1.165, 1.54) is 12.1 Å². The van der Waals surface area contributed by atoms with Gasteiger partial charge >= 0.3 is 5.97 Å². The third kappa shape index (κ3) is 4.59. The first-order chi connectivity index (χ1) is 8.50. The van der Waals surface area contributed by atoms with Crippen LogP contribution in [0.2, 0.25) is 0 Å². The van der Waals surface area contributed by atoms with Gasteiger partial charge in [0, 0.05) is 6.08 Å². The lowest BCUT2D eigenvalue weighted by molar-refractivity contribution is -0.131. The highest BCUT2D eigenvalue weighted by Gasteiger charge is 2.15. The Morgan fingerprint density at radius 3 is 2.50 bits per heavy atom. The van der Waals surface area contributed by atoms with Gasteiger partial charge in [-0.05, 0) is 36.5 Å². The monoisotopic (exact) mass is 250 g/mol. The van der Waals surface area contributed by atoms with Gasteiger partial charge in [-0.1, -0.05) is 25.1 Å². The molecule has 0 heterocycles. The second-order valence-corrected chi connectivity index (χ2v) is 4.33. The van der Waals surface area contributed by atoms with E-state index in [0.717, 1.165) is 11.6 Å². The minimum absolute atomic E-state index is 0.0213. The number of aliphatic hydroxyl groups excluding tert-OH is 1. The molecule has 98 valence electrons. The van der Waals surface area contributed by atoms with Crippen LogP contribution < -0.4 is 0 Å². The first-order valence-electron chi connectivity index (χ1n) is 5.87. The summed E-state index contributed by atoms with van der Waals surface area (Å²) in [4.78, 5) is 10.3. The summed E-state index contributed by atoms with van der Waals surface area (Å²) in [6, 6.07) is 6.44. The van der Waals surface area contributed by atoms with Crippen LogP contribution in [0, 0.1) is 5.92 Å². The smallest absolute Gasteiger partial charge is 0.327 e. The van der Waals surface area contributed by atoms with E-state index in [1.807, 2.05) is 6.92 Å². The summed E-state index contributed by atoms with van der Waals surface area (Å²) in [5.74, 6) is -0.766. The SMILES string of the molecule is C[C@H](CC/C=C/C(=O)O)[C@@H](O)c1ccc(O)cc1. The van der Waals surface area contributed by atoms with Crippen molar-refractivity contribution in [2.24, 2.45) is 5.92 Å². The number of carboxylic acid groups (broad SMARTS) is 1. The van der Waals surface area contributed by atoms with Crippen LogP contribution in [0.15, 0.2) is 36.4 Å². The van der Waals surface area contributed by atoms with Crippen molar-refractivity contribution in [2.75, 3.05) is 0 Å². The highest BCUT2D eigenvalue weighted by atomic mass is 16.4. The zero-order valence-electron chi connectivity index (χ0n) is 10.3. The molecular formula is C14H18O4. The highest BCUT2D eigenvalue weighted by molar-refractivity contribution is 5.79. The minimum atomic E-state index is -0.957. The average molecular weight is 250 g/mol. The van der Waals surface area contributed by atoms with Gasteiger partial charge in [0.25, 0.3) is 0 Å². The van der Waals surface area contributed by atoms with Crippen molar-refractivity contribution in [3.63, 3.8) is 0 Å². The topological polar surface area (TPSA) is 77.8 Å². The standard InChI is InChI=1S/C14H18O4/c1-10(4-2-3-5-13(16)17)14(18)11-6-8-12(15)9-7-11/h3,5-10,14-15,18H,2,4H2,1H3,(H,16,17)/b5-3+/t10-,14-/m1/s1. The molecule has 0 radical (unpaired) electrons. The highest BCUT2D eigenvalue weighted by Crippen LogP contribution is 2.26. The van der Waals surface area contributed by atoms with Gasteiger partial charge in [0.15, 0.2) is 0 Å². The van der Waals surface area contributed by atoms with Crippen LogP contribution >= 0.6 is 0 Å². The van der Waals surface area contributed by atoms with Gasteiger partial charge in [0.05, 0.1) is 6.10 Å². The van der Waals surface area contributed by atoms with Crippen molar-refractivity contribution in [3.05, 3.63) is 42.0 Å². The summed E-state index contributed by atoms with van der Waals surface area (Å²) in [7, 11) is 0. The lowest BCUT2D eigenvalue weighted by Crippen LogP contribution is -2.08. The molecule has 0 fully saturated rings. The van der Waals surface area contributed by atoms with E-state index in [-0.39, 0.29) is 11.7 Å². The number of rotatable bonds is 6. The molecule has 0 unspecified atom stereocenters. The van der Waals surface area contributed by atoms with Gasteiger partial charge in [-0.2, -0.15) is 0 Å². The maximum absolute atomic E-state index is 10.3. The number of carboxylic acids is 1. The fraction of sp³-hybridized carbons (Fsp3) is 0.357. The quantitative estimate of drug-likeness (QED) is 0.678. The second-order valence-electron chi connectivity index (χ2n) is 4.33. The van der Waals surface area contributed by atoms with E-state index >= 15 is 0 Å². The van der Waals surface area contributed by atoms with E-state index in [0.29, 0.717) is 12.8 Å². The lowest BCUT2D eigenvalue weighted by atomic mass is 9.93. The first kappa shape index (κ1) is 14.3. The molecule has 2 atom stereocenters. The Morgan fingerprint density at radius 2 is 1.94 bits per heavy atom. The Hall–Kier alpha value is -1.81. The summed E-state index contributed by atoms with van der Waals surface area (Å²) < 4.78 is 0. The molecule has 1 rings (SSSR count). The zero-order valence-corrected chi connectivity index (χ0v) is 10.3. The third-order valence-electron chi connectivity index (χ3n) is 2.82. The van der Waals surface area contributed by atoms with Crippen molar-refractivity contribution < 1.29 is 20.1 Å². The van der Waals surface area contributed by atoms with Gasteiger partial charge < -0.3 is 15.3 Å². The molecule has 0 spiro atoms. The van der Waals surface area contributed by atoms with Crippen LogP contribution in [0.1, 0.15) is 31.4 Å².